The van der Waals surface area contributed by atoms with Crippen LogP contribution in [-0.4, -0.2) is 11.1 Å². The summed E-state index contributed by atoms with van der Waals surface area (Å²) in [4.78, 5) is 11.2. The Morgan fingerprint density at radius 3 is 1.32 bits per heavy atom. The molecule has 0 atom stereocenters. The Hall–Kier alpha value is -4.61. The zero-order chi connectivity index (χ0) is 27.7. The second-order valence-electron chi connectivity index (χ2n) is 7.52. The van der Waals surface area contributed by atoms with Gasteiger partial charge in [0.25, 0.3) is 0 Å². The van der Waals surface area contributed by atoms with Gasteiger partial charge < -0.3 is 24.1 Å². The minimum absolute atomic E-state index is 0.00200. The molecule has 3 rings (SSSR count). The van der Waals surface area contributed by atoms with Crippen molar-refractivity contribution < 1.29 is 55.2 Å². The topological polar surface area (TPSA) is 74.2 Å². The van der Waals surface area contributed by atoms with Crippen molar-refractivity contribution >= 4 is 5.97 Å². The Morgan fingerprint density at radius 1 is 0.579 bits per heavy atom. The Bertz CT molecular complexity index is 1220. The molecule has 38 heavy (non-hydrogen) atoms. The van der Waals surface area contributed by atoms with Crippen molar-refractivity contribution in [3.8, 4) is 23.0 Å². The maximum Gasteiger partial charge on any atom is 0.344 e. The second kappa shape index (κ2) is 13.1. The molecule has 0 aliphatic heterocycles. The van der Waals surface area contributed by atoms with E-state index in [9.17, 15) is 31.1 Å². The number of hydrogen-bond acceptors (Lipinski definition) is 5. The van der Waals surface area contributed by atoms with Crippen LogP contribution in [0, 0.1) is 0 Å². The summed E-state index contributed by atoms with van der Waals surface area (Å²) in [6.45, 7) is -0.00401. The summed E-state index contributed by atoms with van der Waals surface area (Å²) in [7, 11) is 0. The summed E-state index contributed by atoms with van der Waals surface area (Å²) in [6, 6.07) is 11.5. The zero-order valence-corrected chi connectivity index (χ0v) is 19.2. The average molecular weight is 540 g/mol. The summed E-state index contributed by atoms with van der Waals surface area (Å²) in [5.41, 5.74) is 1.54. The number of hydrogen-bond donors (Lipinski definition) is 1. The first-order valence-electron chi connectivity index (χ1n) is 10.7. The largest absolute Gasteiger partial charge is 0.489 e. The van der Waals surface area contributed by atoms with Gasteiger partial charge in [-0.3, -0.25) is 4.79 Å². The van der Waals surface area contributed by atoms with E-state index in [-0.39, 0.29) is 42.6 Å². The third kappa shape index (κ3) is 8.80. The lowest BCUT2D eigenvalue weighted by atomic mass is 10.1. The standard InChI is InChI=1S/C26H18F6O6/c27-23(28)25(31)37-18-5-1-15(2-6-18)13-35-20-9-17(11-22(33)34)10-21(12-20)36-14-16-3-7-19(8-4-16)38-26(32)24(29)30/h1-10,12H,11,13-14H2,(H,33,34). The number of aliphatic carboxylic acids is 1. The molecule has 0 spiro atoms. The van der Waals surface area contributed by atoms with Gasteiger partial charge in [0.05, 0.1) is 6.42 Å². The summed E-state index contributed by atoms with van der Waals surface area (Å²) in [5.74, 6) is -0.835. The molecule has 0 saturated carbocycles. The highest BCUT2D eigenvalue weighted by Gasteiger charge is 2.11. The van der Waals surface area contributed by atoms with Crippen LogP contribution >= 0.6 is 0 Å². The Labute approximate surface area is 211 Å². The van der Waals surface area contributed by atoms with Crippen LogP contribution in [0.3, 0.4) is 0 Å². The molecule has 12 heteroatoms. The first-order chi connectivity index (χ1) is 18.1. The third-order valence-corrected chi connectivity index (χ3v) is 4.66. The molecule has 0 unspecified atom stereocenters. The first-order valence-corrected chi connectivity index (χ1v) is 10.7. The van der Waals surface area contributed by atoms with Crippen molar-refractivity contribution in [3.05, 3.63) is 108 Å². The monoisotopic (exact) mass is 540 g/mol. The van der Waals surface area contributed by atoms with E-state index >= 15 is 0 Å². The molecule has 0 heterocycles. The normalized spacial score (nSPS) is 10.4. The van der Waals surface area contributed by atoms with Gasteiger partial charge in [-0.1, -0.05) is 24.3 Å². The van der Waals surface area contributed by atoms with Gasteiger partial charge in [-0.05, 0) is 53.1 Å². The lowest BCUT2D eigenvalue weighted by Crippen LogP contribution is -2.03. The van der Waals surface area contributed by atoms with Crippen LogP contribution in [-0.2, 0) is 24.4 Å². The van der Waals surface area contributed by atoms with Crippen molar-refractivity contribution in [1.82, 2.24) is 0 Å². The van der Waals surface area contributed by atoms with E-state index in [2.05, 4.69) is 9.47 Å². The number of carboxylic acid groups (broad SMARTS) is 1. The van der Waals surface area contributed by atoms with Gasteiger partial charge in [-0.2, -0.15) is 26.3 Å². The summed E-state index contributed by atoms with van der Waals surface area (Å²) < 4.78 is 94.5. The fourth-order valence-corrected chi connectivity index (χ4v) is 3.00. The maximum absolute atomic E-state index is 12.9. The second-order valence-corrected chi connectivity index (χ2v) is 7.52. The third-order valence-electron chi connectivity index (χ3n) is 4.66. The van der Waals surface area contributed by atoms with E-state index in [1.54, 1.807) is 0 Å². The van der Waals surface area contributed by atoms with Crippen molar-refractivity contribution in [2.24, 2.45) is 0 Å². The van der Waals surface area contributed by atoms with Gasteiger partial charge >= 0.3 is 30.2 Å². The van der Waals surface area contributed by atoms with E-state index in [1.165, 1.54) is 66.7 Å². The van der Waals surface area contributed by atoms with Gasteiger partial charge in [-0.25, -0.2) is 0 Å². The van der Waals surface area contributed by atoms with Crippen molar-refractivity contribution in [2.45, 2.75) is 19.6 Å². The highest BCUT2D eigenvalue weighted by molar-refractivity contribution is 5.70. The molecule has 0 saturated heterocycles. The number of ether oxygens (including phenoxy) is 4. The number of rotatable bonds is 12. The lowest BCUT2D eigenvalue weighted by Gasteiger charge is -2.13. The van der Waals surface area contributed by atoms with Gasteiger partial charge in [0.1, 0.15) is 36.2 Å². The van der Waals surface area contributed by atoms with Crippen molar-refractivity contribution in [3.63, 3.8) is 0 Å². The molecule has 0 amide bonds. The van der Waals surface area contributed by atoms with Crippen LogP contribution in [0.25, 0.3) is 0 Å². The fourth-order valence-electron chi connectivity index (χ4n) is 3.00. The highest BCUT2D eigenvalue weighted by Crippen LogP contribution is 2.26. The van der Waals surface area contributed by atoms with Crippen LogP contribution < -0.4 is 18.9 Å². The number of carbonyl (C=O) groups is 1. The van der Waals surface area contributed by atoms with E-state index < -0.39 is 30.2 Å². The summed E-state index contributed by atoms with van der Waals surface area (Å²) in [5, 5.41) is 9.15. The highest BCUT2D eigenvalue weighted by atomic mass is 19.3. The zero-order valence-electron chi connectivity index (χ0n) is 19.2. The smallest absolute Gasteiger partial charge is 0.344 e. The molecule has 200 valence electrons. The average Bonchev–Trinajstić information content (AvgIpc) is 2.87. The van der Waals surface area contributed by atoms with E-state index in [0.717, 1.165) is 0 Å². The number of carboxylic acids is 1. The Morgan fingerprint density at radius 2 is 0.974 bits per heavy atom. The maximum atomic E-state index is 12.9. The molecule has 0 bridgehead atoms. The predicted octanol–water partition coefficient (Wildman–Crippen LogP) is 7.30. The van der Waals surface area contributed by atoms with Crippen LogP contribution in [0.4, 0.5) is 26.3 Å². The SMILES string of the molecule is O=C(O)Cc1cc(OCc2ccc(OC(F)=C(F)F)cc2)cc(OCc2ccc(OC(F)=C(F)F)cc2)c1. The first kappa shape index (κ1) is 28.0. The van der Waals surface area contributed by atoms with E-state index in [0.29, 0.717) is 16.7 Å². The molecule has 0 aliphatic carbocycles. The molecule has 6 nitrogen and oxygen atoms in total. The Balaban J connectivity index is 1.66. The van der Waals surface area contributed by atoms with E-state index in [4.69, 9.17) is 14.6 Å². The van der Waals surface area contributed by atoms with Crippen LogP contribution in [0.5, 0.6) is 23.0 Å². The molecule has 3 aromatic carbocycles. The van der Waals surface area contributed by atoms with Gasteiger partial charge in [0.2, 0.25) is 0 Å². The quantitative estimate of drug-likeness (QED) is 0.192. The van der Waals surface area contributed by atoms with Gasteiger partial charge in [0.15, 0.2) is 0 Å². The van der Waals surface area contributed by atoms with Crippen LogP contribution in [0.1, 0.15) is 16.7 Å². The van der Waals surface area contributed by atoms with Crippen molar-refractivity contribution in [1.29, 1.82) is 0 Å². The molecule has 0 aromatic heterocycles. The molecule has 0 fully saturated rings. The molecule has 0 radical (unpaired) electrons. The Kier molecular flexibility index (Phi) is 9.63. The van der Waals surface area contributed by atoms with Crippen LogP contribution in [0.15, 0.2) is 90.9 Å². The summed E-state index contributed by atoms with van der Waals surface area (Å²) >= 11 is 0. The predicted molar refractivity (Wildman–Crippen MR) is 121 cm³/mol. The minimum atomic E-state index is -2.58. The molecular formula is C26H18F6O6. The lowest BCUT2D eigenvalue weighted by molar-refractivity contribution is -0.136. The van der Waals surface area contributed by atoms with Crippen LogP contribution in [0.2, 0.25) is 0 Å². The molecule has 3 aromatic rings. The fraction of sp³-hybridized carbons (Fsp3) is 0.115. The molecule has 1 N–H and O–H groups in total. The number of halogens is 6. The molecule has 0 aliphatic rings. The van der Waals surface area contributed by atoms with E-state index in [1.807, 2.05) is 0 Å². The minimum Gasteiger partial charge on any atom is -0.489 e. The van der Waals surface area contributed by atoms with Crippen molar-refractivity contribution in [2.75, 3.05) is 0 Å². The molecular weight excluding hydrogens is 522 g/mol. The van der Waals surface area contributed by atoms with Gasteiger partial charge in [-0.15, -0.1) is 0 Å². The van der Waals surface area contributed by atoms with Gasteiger partial charge in [0, 0.05) is 6.07 Å². The number of benzene rings is 3. The summed E-state index contributed by atoms with van der Waals surface area (Å²) in [6.07, 6.45) is -5.48.